The van der Waals surface area contributed by atoms with Gasteiger partial charge < -0.3 is 4.90 Å². The fraction of sp³-hybridized carbons (Fsp3) is 0.615. The van der Waals surface area contributed by atoms with Gasteiger partial charge in [-0.3, -0.25) is 14.2 Å². The van der Waals surface area contributed by atoms with Gasteiger partial charge in [-0.05, 0) is 12.8 Å². The second kappa shape index (κ2) is 5.81. The smallest absolute Gasteiger partial charge is 0.267 e. The van der Waals surface area contributed by atoms with Gasteiger partial charge in [0, 0.05) is 32.3 Å². The lowest BCUT2D eigenvalue weighted by atomic mass is 10.3. The Labute approximate surface area is 126 Å². The third-order valence-corrected chi connectivity index (χ3v) is 5.77. The molecule has 108 valence electrons. The minimum atomic E-state index is 0.0219. The fourth-order valence-corrected chi connectivity index (χ4v) is 4.44. The van der Waals surface area contributed by atoms with Gasteiger partial charge in [-0.1, -0.05) is 11.8 Å². The van der Waals surface area contributed by atoms with Gasteiger partial charge in [-0.2, -0.15) is 0 Å². The van der Waals surface area contributed by atoms with Crippen LogP contribution in [0.25, 0.3) is 0 Å². The summed E-state index contributed by atoms with van der Waals surface area (Å²) in [6, 6.07) is 0. The van der Waals surface area contributed by atoms with Crippen LogP contribution in [0.1, 0.15) is 18.5 Å². The van der Waals surface area contributed by atoms with Crippen LogP contribution >= 0.6 is 23.5 Å². The average molecular weight is 311 g/mol. The van der Waals surface area contributed by atoms with E-state index in [0.29, 0.717) is 10.9 Å². The quantitative estimate of drug-likeness (QED) is 0.619. The molecule has 0 atom stereocenters. The van der Waals surface area contributed by atoms with Crippen molar-refractivity contribution in [2.45, 2.75) is 29.3 Å². The first-order valence-corrected chi connectivity index (χ1v) is 8.77. The summed E-state index contributed by atoms with van der Waals surface area (Å²) >= 11 is 2.96. The largest absolute Gasteiger partial charge is 0.342 e. The van der Waals surface area contributed by atoms with Crippen LogP contribution in [0.2, 0.25) is 0 Å². The minimum absolute atomic E-state index is 0.0219. The molecule has 0 spiro atoms. The Kier molecular flexibility index (Phi) is 4.07. The van der Waals surface area contributed by atoms with Gasteiger partial charge in [-0.25, -0.2) is 4.98 Å². The van der Waals surface area contributed by atoms with E-state index in [0.717, 1.165) is 48.7 Å². The molecule has 5 nitrogen and oxygen atoms in total. The highest BCUT2D eigenvalue weighted by Crippen LogP contribution is 2.28. The number of nitrogens with zero attached hydrogens (tertiary/aromatic N) is 3. The molecule has 0 aliphatic carbocycles. The molecule has 1 amide bonds. The molecule has 1 fully saturated rings. The van der Waals surface area contributed by atoms with E-state index >= 15 is 0 Å². The molecule has 0 aromatic carbocycles. The van der Waals surface area contributed by atoms with Crippen molar-refractivity contribution < 1.29 is 4.79 Å². The first-order valence-electron chi connectivity index (χ1n) is 6.80. The highest BCUT2D eigenvalue weighted by Gasteiger charge is 2.22. The first-order chi connectivity index (χ1) is 9.66. The van der Waals surface area contributed by atoms with Gasteiger partial charge in [0.05, 0.1) is 16.3 Å². The molecular weight excluding hydrogens is 294 g/mol. The van der Waals surface area contributed by atoms with Crippen LogP contribution in [0.4, 0.5) is 0 Å². The molecule has 1 aromatic rings. The summed E-state index contributed by atoms with van der Waals surface area (Å²) in [4.78, 5) is 31.4. The molecule has 2 aliphatic heterocycles. The number of hydrogen-bond acceptors (Lipinski definition) is 5. The van der Waals surface area contributed by atoms with Crippen LogP contribution in [-0.4, -0.2) is 45.0 Å². The SMILES string of the molecule is Cn1c(SCC(=O)N2CCCC2)nc2c(c1=O)SCC2. The number of carbonyl (C=O) groups is 1. The van der Waals surface area contributed by atoms with Crippen molar-refractivity contribution in [3.8, 4) is 0 Å². The molecule has 1 aromatic heterocycles. The number of aromatic nitrogens is 2. The third kappa shape index (κ3) is 2.61. The summed E-state index contributed by atoms with van der Waals surface area (Å²) < 4.78 is 1.57. The second-order valence-corrected chi connectivity index (χ2v) is 7.06. The van der Waals surface area contributed by atoms with Crippen molar-refractivity contribution in [2.24, 2.45) is 7.05 Å². The Morgan fingerprint density at radius 2 is 2.15 bits per heavy atom. The monoisotopic (exact) mass is 311 g/mol. The maximum absolute atomic E-state index is 12.2. The summed E-state index contributed by atoms with van der Waals surface area (Å²) in [5, 5.41) is 0.656. The van der Waals surface area contributed by atoms with Crippen molar-refractivity contribution in [3.05, 3.63) is 16.0 Å². The van der Waals surface area contributed by atoms with Gasteiger partial charge in [0.15, 0.2) is 5.16 Å². The van der Waals surface area contributed by atoms with Crippen molar-refractivity contribution in [3.63, 3.8) is 0 Å². The van der Waals surface area contributed by atoms with E-state index in [1.165, 1.54) is 11.8 Å². The van der Waals surface area contributed by atoms with Gasteiger partial charge in [0.1, 0.15) is 0 Å². The lowest BCUT2D eigenvalue weighted by Crippen LogP contribution is -2.29. The number of aryl methyl sites for hydroxylation is 1. The summed E-state index contributed by atoms with van der Waals surface area (Å²) in [6.45, 7) is 1.74. The summed E-state index contributed by atoms with van der Waals surface area (Å²) in [7, 11) is 1.73. The van der Waals surface area contributed by atoms with E-state index in [-0.39, 0.29) is 11.5 Å². The summed E-state index contributed by atoms with van der Waals surface area (Å²) in [5.74, 6) is 1.45. The highest BCUT2D eigenvalue weighted by atomic mass is 32.2. The van der Waals surface area contributed by atoms with Crippen molar-refractivity contribution >= 4 is 29.4 Å². The van der Waals surface area contributed by atoms with Crippen molar-refractivity contribution in [1.29, 1.82) is 0 Å². The first kappa shape index (κ1) is 14.0. The van der Waals surface area contributed by atoms with Crippen LogP contribution in [0.15, 0.2) is 14.8 Å². The average Bonchev–Trinajstić information content (AvgIpc) is 3.11. The molecule has 0 bridgehead atoms. The standard InChI is InChI=1S/C13H17N3O2S2/c1-15-12(18)11-9(4-7-19-11)14-13(15)20-8-10(17)16-5-2-3-6-16/h2-8H2,1H3. The summed E-state index contributed by atoms with van der Waals surface area (Å²) in [5.41, 5.74) is 0.919. The van der Waals surface area contributed by atoms with Crippen LogP contribution in [0.3, 0.4) is 0 Å². The molecule has 0 radical (unpaired) electrons. The highest BCUT2D eigenvalue weighted by molar-refractivity contribution is 8.00. The van der Waals surface area contributed by atoms with Crippen molar-refractivity contribution in [2.75, 3.05) is 24.6 Å². The van der Waals surface area contributed by atoms with Crippen LogP contribution in [0, 0.1) is 0 Å². The maximum atomic E-state index is 12.2. The van der Waals surface area contributed by atoms with Crippen LogP contribution in [-0.2, 0) is 18.3 Å². The number of likely N-dealkylation sites (tertiary alicyclic amines) is 1. The normalized spacial score (nSPS) is 17.6. The summed E-state index contributed by atoms with van der Waals surface area (Å²) in [6.07, 6.45) is 3.05. The predicted octanol–water partition coefficient (Wildman–Crippen LogP) is 1.14. The zero-order valence-electron chi connectivity index (χ0n) is 11.4. The van der Waals surface area contributed by atoms with Gasteiger partial charge >= 0.3 is 0 Å². The van der Waals surface area contributed by atoms with Crippen molar-refractivity contribution in [1.82, 2.24) is 14.5 Å². The number of carbonyl (C=O) groups excluding carboxylic acids is 1. The molecule has 3 heterocycles. The van der Waals surface area contributed by atoms with Gasteiger partial charge in [-0.15, -0.1) is 11.8 Å². The molecular formula is C13H17N3O2S2. The third-order valence-electron chi connectivity index (χ3n) is 3.65. The Hall–Kier alpha value is -0.950. The van der Waals surface area contributed by atoms with E-state index in [2.05, 4.69) is 4.98 Å². The number of thioether (sulfide) groups is 2. The Morgan fingerprint density at radius 1 is 1.40 bits per heavy atom. The molecule has 2 aliphatic rings. The second-order valence-electron chi connectivity index (χ2n) is 5.01. The number of fused-ring (bicyclic) bond motifs is 1. The van der Waals surface area contributed by atoms with E-state index in [9.17, 15) is 9.59 Å². The van der Waals surface area contributed by atoms with E-state index < -0.39 is 0 Å². The molecule has 0 saturated carbocycles. The zero-order chi connectivity index (χ0) is 14.1. The molecule has 3 rings (SSSR count). The Bertz CT molecular complexity index is 594. The lowest BCUT2D eigenvalue weighted by Gasteiger charge is -2.15. The molecule has 7 heteroatoms. The molecule has 20 heavy (non-hydrogen) atoms. The van der Waals surface area contributed by atoms with E-state index in [4.69, 9.17) is 0 Å². The maximum Gasteiger partial charge on any atom is 0.267 e. The zero-order valence-corrected chi connectivity index (χ0v) is 13.1. The van der Waals surface area contributed by atoms with Crippen LogP contribution in [0.5, 0.6) is 0 Å². The van der Waals surface area contributed by atoms with Gasteiger partial charge in [0.25, 0.3) is 5.56 Å². The molecule has 1 saturated heterocycles. The lowest BCUT2D eigenvalue weighted by molar-refractivity contribution is -0.127. The van der Waals surface area contributed by atoms with Gasteiger partial charge in [0.2, 0.25) is 5.91 Å². The minimum Gasteiger partial charge on any atom is -0.342 e. The topological polar surface area (TPSA) is 55.2 Å². The fourth-order valence-electron chi connectivity index (χ4n) is 2.48. The van der Waals surface area contributed by atoms with Crippen LogP contribution < -0.4 is 5.56 Å². The number of rotatable bonds is 3. The predicted molar refractivity (Wildman–Crippen MR) is 80.4 cm³/mol. The number of hydrogen-bond donors (Lipinski definition) is 0. The Morgan fingerprint density at radius 3 is 2.90 bits per heavy atom. The molecule has 0 N–H and O–H groups in total. The van der Waals surface area contributed by atoms with E-state index in [1.54, 1.807) is 23.4 Å². The molecule has 0 unspecified atom stereocenters. The number of amides is 1. The Balaban J connectivity index is 1.73. The van der Waals surface area contributed by atoms with E-state index in [1.807, 2.05) is 4.90 Å².